The number of methoxy groups -OCH3 is 1. The van der Waals surface area contributed by atoms with Crippen LogP contribution in [0.3, 0.4) is 0 Å². The van der Waals surface area contributed by atoms with E-state index in [1.54, 1.807) is 0 Å². The van der Waals surface area contributed by atoms with Crippen LogP contribution in [0.2, 0.25) is 0 Å². The highest BCUT2D eigenvalue weighted by molar-refractivity contribution is 5.70. The first kappa shape index (κ1) is 35.2. The number of esters is 1. The molecule has 0 aromatic heterocycles. The maximum Gasteiger partial charge on any atom is 0.308 e. The van der Waals surface area contributed by atoms with Gasteiger partial charge >= 0.3 is 5.97 Å². The summed E-state index contributed by atoms with van der Waals surface area (Å²) in [5.74, 6) is -1.11. The Labute approximate surface area is 299 Å². The van der Waals surface area contributed by atoms with Gasteiger partial charge in [0.05, 0.1) is 55.8 Å². The number of hydrogen-bond acceptors (Lipinski definition) is 13. The Morgan fingerprint density at radius 3 is 2.33 bits per heavy atom. The highest BCUT2D eigenvalue weighted by atomic mass is 16.8. The quantitative estimate of drug-likeness (QED) is 0.318. The third kappa shape index (κ3) is 6.26. The third-order valence-corrected chi connectivity index (χ3v) is 13.3. The van der Waals surface area contributed by atoms with Crippen LogP contribution in [0.5, 0.6) is 0 Å². The molecule has 19 atom stereocenters. The molecule has 0 aromatic rings. The van der Waals surface area contributed by atoms with Crippen molar-refractivity contribution in [2.75, 3.05) is 13.7 Å². The van der Waals surface area contributed by atoms with E-state index in [-0.39, 0.29) is 67.3 Å². The van der Waals surface area contributed by atoms with Gasteiger partial charge in [0.2, 0.25) is 0 Å². The van der Waals surface area contributed by atoms with Crippen molar-refractivity contribution in [3.63, 3.8) is 0 Å². The molecule has 0 amide bonds. The zero-order chi connectivity index (χ0) is 35.2. The normalized spacial score (nSPS) is 54.1. The summed E-state index contributed by atoms with van der Waals surface area (Å²) in [6.45, 7) is 10.5. The van der Waals surface area contributed by atoms with Gasteiger partial charge in [0.25, 0.3) is 0 Å². The van der Waals surface area contributed by atoms with Gasteiger partial charge in [-0.2, -0.15) is 0 Å². The van der Waals surface area contributed by atoms with E-state index in [1.807, 2.05) is 0 Å². The van der Waals surface area contributed by atoms with Crippen LogP contribution in [-0.2, 0) is 52.2 Å². The Hall–Kier alpha value is -1.49. The van der Waals surface area contributed by atoms with Gasteiger partial charge in [-0.05, 0) is 62.0 Å². The van der Waals surface area contributed by atoms with Crippen LogP contribution in [0.25, 0.3) is 0 Å². The summed E-state index contributed by atoms with van der Waals surface area (Å²) in [6, 6.07) is 0. The maximum atomic E-state index is 13.8. The number of aliphatic hydroxyl groups excluding tert-OH is 2. The SMILES string of the molecule is C=C1C[C@@H]2CC[C@@]34C[C@@H]5O[C@@H]6C(O[C@H]7CC[C@H](CC(=O)O[C@@H]8[C@@H](OC)[C@@H](O)[C@H](CO)O[C@H]8C[C@H]8O[C@@H](CC[C@@H]1O2)C[C@@H](C)C8=C)O[C@@H]7[C@@H]6O3)[C@H]5O4. The number of aliphatic hydroxyl groups is 2. The zero-order valence-electron chi connectivity index (χ0n) is 29.7. The lowest BCUT2D eigenvalue weighted by atomic mass is 9.83. The van der Waals surface area contributed by atoms with Crippen LogP contribution in [0, 0.1) is 5.92 Å². The topological polar surface area (TPSA) is 150 Å². The van der Waals surface area contributed by atoms with Gasteiger partial charge < -0.3 is 57.6 Å². The number of carbonyl (C=O) groups is 1. The predicted octanol–water partition coefficient (Wildman–Crippen LogP) is 2.42. The van der Waals surface area contributed by atoms with E-state index in [0.29, 0.717) is 32.1 Å². The summed E-state index contributed by atoms with van der Waals surface area (Å²) in [6.07, 6.45) is -0.578. The van der Waals surface area contributed by atoms with E-state index >= 15 is 0 Å². The fourth-order valence-corrected chi connectivity index (χ4v) is 10.6. The summed E-state index contributed by atoms with van der Waals surface area (Å²) in [5.41, 5.74) is 2.05. The molecule has 10 aliphatic rings. The van der Waals surface area contributed by atoms with Crippen LogP contribution >= 0.6 is 0 Å². The molecule has 10 aliphatic heterocycles. The molecule has 284 valence electrons. The van der Waals surface area contributed by atoms with Crippen LogP contribution in [0.4, 0.5) is 0 Å². The first-order valence-electron chi connectivity index (χ1n) is 19.3. The molecule has 2 N–H and O–H groups in total. The highest BCUT2D eigenvalue weighted by Gasteiger charge is 2.68. The van der Waals surface area contributed by atoms with Crippen molar-refractivity contribution in [3.8, 4) is 0 Å². The molecule has 13 heteroatoms. The highest BCUT2D eigenvalue weighted by Crippen LogP contribution is 2.54. The monoisotopic (exact) mass is 718 g/mol. The Morgan fingerprint density at radius 2 is 1.51 bits per heavy atom. The first-order chi connectivity index (χ1) is 24.6. The van der Waals surface area contributed by atoms with Crippen molar-refractivity contribution >= 4 is 5.97 Å². The summed E-state index contributed by atoms with van der Waals surface area (Å²) < 4.78 is 64.9. The molecule has 0 radical (unpaired) electrons. The van der Waals surface area contributed by atoms with Gasteiger partial charge in [0.15, 0.2) is 11.9 Å². The van der Waals surface area contributed by atoms with E-state index in [0.717, 1.165) is 43.3 Å². The minimum Gasteiger partial charge on any atom is -0.457 e. The van der Waals surface area contributed by atoms with Crippen molar-refractivity contribution in [3.05, 3.63) is 24.3 Å². The fourth-order valence-electron chi connectivity index (χ4n) is 10.6. The standard InChI is InChI=1S/C38H54O13/c1-17-11-20-5-7-23-18(2)12-22(43-23)9-10-38-15-27-33(50-38)35-36(48-27)37(51-38)31-24(47-35)8-6-21(45-31)13-29(40)49-32-26(14-25(44-20)19(17)3)46-28(16-39)30(41)34(32)42-4/h17,20-28,30-37,39,41H,2-3,5-16H2,1,4H3/t17-,20+,21-,22+,23+,24+,25-,26+,27+,28+,30+,31+,32+,33+,34+,35?,36-,37+,38+/m1/s1. The average molecular weight is 719 g/mol. The average Bonchev–Trinajstić information content (AvgIpc) is 3.69. The van der Waals surface area contributed by atoms with Crippen LogP contribution < -0.4 is 0 Å². The van der Waals surface area contributed by atoms with Crippen LogP contribution in [-0.4, -0.2) is 139 Å². The van der Waals surface area contributed by atoms with E-state index < -0.39 is 67.2 Å². The van der Waals surface area contributed by atoms with Crippen molar-refractivity contribution < 1.29 is 62.4 Å². The molecule has 10 heterocycles. The summed E-state index contributed by atoms with van der Waals surface area (Å²) >= 11 is 0. The summed E-state index contributed by atoms with van der Waals surface area (Å²) in [7, 11) is 1.46. The van der Waals surface area contributed by atoms with Crippen LogP contribution in [0.15, 0.2) is 24.3 Å². The smallest absolute Gasteiger partial charge is 0.308 e. The molecule has 12 bridgehead atoms. The molecule has 1 spiro atoms. The first-order valence-corrected chi connectivity index (χ1v) is 19.3. The van der Waals surface area contributed by atoms with E-state index in [1.165, 1.54) is 7.11 Å². The molecular weight excluding hydrogens is 664 g/mol. The molecule has 51 heavy (non-hydrogen) atoms. The van der Waals surface area contributed by atoms with Crippen molar-refractivity contribution in [1.82, 2.24) is 0 Å². The molecule has 1 unspecified atom stereocenters. The number of hydrogen-bond donors (Lipinski definition) is 2. The van der Waals surface area contributed by atoms with Crippen LogP contribution in [0.1, 0.15) is 77.6 Å². The molecular formula is C38H54O13. The van der Waals surface area contributed by atoms with Gasteiger partial charge in [-0.15, -0.1) is 0 Å². The third-order valence-electron chi connectivity index (χ3n) is 13.3. The Morgan fingerprint density at radius 1 is 0.765 bits per heavy atom. The lowest BCUT2D eigenvalue weighted by molar-refractivity contribution is -0.293. The molecule has 0 aliphatic carbocycles. The van der Waals surface area contributed by atoms with Crippen molar-refractivity contribution in [2.24, 2.45) is 5.92 Å². The number of rotatable bonds is 2. The predicted molar refractivity (Wildman–Crippen MR) is 176 cm³/mol. The van der Waals surface area contributed by atoms with Gasteiger partial charge in [-0.1, -0.05) is 20.1 Å². The van der Waals surface area contributed by atoms with Gasteiger partial charge in [-0.25, -0.2) is 0 Å². The van der Waals surface area contributed by atoms with Crippen molar-refractivity contribution in [1.29, 1.82) is 0 Å². The zero-order valence-corrected chi connectivity index (χ0v) is 29.7. The fraction of sp³-hybridized carbons (Fsp3) is 0.868. The second-order valence-corrected chi connectivity index (χ2v) is 16.5. The Kier molecular flexibility index (Phi) is 9.44. The lowest BCUT2D eigenvalue weighted by Crippen LogP contribution is -2.62. The van der Waals surface area contributed by atoms with E-state index in [9.17, 15) is 15.0 Å². The Balaban J connectivity index is 1.00. The largest absolute Gasteiger partial charge is 0.457 e. The van der Waals surface area contributed by atoms with E-state index in [2.05, 4.69) is 20.1 Å². The summed E-state index contributed by atoms with van der Waals surface area (Å²) in [5, 5.41) is 21.2. The minimum absolute atomic E-state index is 0.00716. The second-order valence-electron chi connectivity index (χ2n) is 16.5. The minimum atomic E-state index is -1.21. The lowest BCUT2D eigenvalue weighted by Gasteiger charge is -2.47. The number of carbonyl (C=O) groups excluding carboxylic acids is 1. The summed E-state index contributed by atoms with van der Waals surface area (Å²) in [4.78, 5) is 13.8. The number of ether oxygens (including phenoxy) is 10. The van der Waals surface area contributed by atoms with E-state index in [4.69, 9.17) is 47.4 Å². The van der Waals surface area contributed by atoms with Crippen molar-refractivity contribution in [2.45, 2.75) is 187 Å². The number of fused-ring (bicyclic) bond motifs is 6. The molecule has 10 saturated heterocycles. The molecule has 0 saturated carbocycles. The molecule has 10 fully saturated rings. The second kappa shape index (κ2) is 13.7. The van der Waals surface area contributed by atoms with Gasteiger partial charge in [0, 0.05) is 26.4 Å². The molecule has 10 rings (SSSR count). The molecule has 13 nitrogen and oxygen atoms in total. The van der Waals surface area contributed by atoms with Gasteiger partial charge in [0.1, 0.15) is 54.9 Å². The molecule has 0 aromatic carbocycles. The van der Waals surface area contributed by atoms with Gasteiger partial charge in [-0.3, -0.25) is 4.79 Å². The maximum absolute atomic E-state index is 13.8. The Bertz CT molecular complexity index is 1360.